The molecule has 1 aromatic rings. The summed E-state index contributed by atoms with van der Waals surface area (Å²) in [6.07, 6.45) is 3.32. The predicted molar refractivity (Wildman–Crippen MR) is 67.3 cm³/mol. The quantitative estimate of drug-likeness (QED) is 0.795. The Morgan fingerprint density at radius 3 is 3.06 bits per heavy atom. The molecule has 1 aromatic heterocycles. The van der Waals surface area contributed by atoms with E-state index in [2.05, 4.69) is 35.1 Å². The number of nitrogens with one attached hydrogen (secondary N) is 2. The largest absolute Gasteiger partial charge is 0.364 e. The summed E-state index contributed by atoms with van der Waals surface area (Å²) in [6.45, 7) is 9.21. The van der Waals surface area contributed by atoms with E-state index in [-0.39, 0.29) is 0 Å². The van der Waals surface area contributed by atoms with Gasteiger partial charge in [-0.15, -0.1) is 0 Å². The Hall–Kier alpha value is -0.800. The minimum absolute atomic E-state index is 0.702. The minimum Gasteiger partial charge on any atom is -0.364 e. The predicted octanol–water partition coefficient (Wildman–Crippen LogP) is 1.83. The first-order valence-corrected chi connectivity index (χ1v) is 6.32. The molecule has 3 heteroatoms. The number of H-pyrrole nitrogens is 1. The maximum Gasteiger partial charge on any atom is 0.0357 e. The van der Waals surface area contributed by atoms with Crippen LogP contribution in [0.15, 0.2) is 18.3 Å². The third-order valence-electron chi connectivity index (χ3n) is 3.46. The average molecular weight is 221 g/mol. The zero-order chi connectivity index (χ0) is 11.4. The minimum atomic E-state index is 0.702. The molecule has 1 aliphatic heterocycles. The van der Waals surface area contributed by atoms with Crippen LogP contribution in [-0.4, -0.2) is 35.6 Å². The van der Waals surface area contributed by atoms with Crippen molar-refractivity contribution in [3.8, 4) is 0 Å². The van der Waals surface area contributed by atoms with Crippen LogP contribution in [0.2, 0.25) is 0 Å². The summed E-state index contributed by atoms with van der Waals surface area (Å²) in [4.78, 5) is 5.79. The first-order valence-electron chi connectivity index (χ1n) is 6.32. The highest BCUT2D eigenvalue weighted by atomic mass is 15.2. The van der Waals surface area contributed by atoms with Crippen molar-refractivity contribution in [3.63, 3.8) is 0 Å². The van der Waals surface area contributed by atoms with Crippen LogP contribution in [-0.2, 0) is 6.54 Å². The highest BCUT2D eigenvalue weighted by Gasteiger charge is 2.23. The molecule has 0 bridgehead atoms. The van der Waals surface area contributed by atoms with Gasteiger partial charge >= 0.3 is 0 Å². The van der Waals surface area contributed by atoms with Gasteiger partial charge in [0.05, 0.1) is 0 Å². The molecule has 1 unspecified atom stereocenters. The van der Waals surface area contributed by atoms with Gasteiger partial charge in [-0.1, -0.05) is 0 Å². The lowest BCUT2D eigenvalue weighted by Gasteiger charge is -2.20. The first-order chi connectivity index (χ1) is 7.75. The molecule has 1 atom stereocenters. The molecule has 2 heterocycles. The van der Waals surface area contributed by atoms with Gasteiger partial charge in [0.2, 0.25) is 0 Å². The molecule has 0 radical (unpaired) electrons. The lowest BCUT2D eigenvalue weighted by molar-refractivity contribution is 0.264. The zero-order valence-electron chi connectivity index (χ0n) is 10.4. The highest BCUT2D eigenvalue weighted by Crippen LogP contribution is 2.17. The maximum atomic E-state index is 3.53. The van der Waals surface area contributed by atoms with Crippen molar-refractivity contribution < 1.29 is 0 Å². The van der Waals surface area contributed by atoms with E-state index in [0.717, 1.165) is 19.0 Å². The van der Waals surface area contributed by atoms with Crippen molar-refractivity contribution in [1.29, 1.82) is 0 Å². The molecule has 90 valence electrons. The number of nitrogens with zero attached hydrogens (tertiary/aromatic N) is 1. The Morgan fingerprint density at radius 2 is 2.44 bits per heavy atom. The van der Waals surface area contributed by atoms with Crippen LogP contribution in [0.4, 0.5) is 0 Å². The number of rotatable bonds is 5. The van der Waals surface area contributed by atoms with Gasteiger partial charge < -0.3 is 15.2 Å². The summed E-state index contributed by atoms with van der Waals surface area (Å²) in [5, 5.41) is 3.53. The van der Waals surface area contributed by atoms with Gasteiger partial charge in [0.1, 0.15) is 0 Å². The van der Waals surface area contributed by atoms with Gasteiger partial charge in [-0.25, -0.2) is 0 Å². The van der Waals surface area contributed by atoms with Gasteiger partial charge in [-0.2, -0.15) is 0 Å². The second-order valence-corrected chi connectivity index (χ2v) is 5.07. The zero-order valence-corrected chi connectivity index (χ0v) is 10.4. The summed E-state index contributed by atoms with van der Waals surface area (Å²) in [7, 11) is 0. The molecule has 1 saturated heterocycles. The Bertz CT molecular complexity index is 292. The van der Waals surface area contributed by atoms with Gasteiger partial charge in [0, 0.05) is 31.0 Å². The fraction of sp³-hybridized carbons (Fsp3) is 0.692. The normalized spacial score (nSPS) is 22.1. The SMILES string of the molecule is CC(C)N1CCC(CNCc2ccc[nH]2)C1. The molecular weight excluding hydrogens is 198 g/mol. The molecule has 0 aromatic carbocycles. The van der Waals surface area contributed by atoms with Crippen LogP contribution >= 0.6 is 0 Å². The lowest BCUT2D eigenvalue weighted by atomic mass is 10.1. The summed E-state index contributed by atoms with van der Waals surface area (Å²) in [5.41, 5.74) is 1.28. The molecule has 1 fully saturated rings. The van der Waals surface area contributed by atoms with Crippen LogP contribution < -0.4 is 5.32 Å². The van der Waals surface area contributed by atoms with Crippen molar-refractivity contribution >= 4 is 0 Å². The summed E-state index contributed by atoms with van der Waals surface area (Å²) in [6, 6.07) is 4.88. The van der Waals surface area contributed by atoms with E-state index in [9.17, 15) is 0 Å². The van der Waals surface area contributed by atoms with Crippen molar-refractivity contribution in [2.24, 2.45) is 5.92 Å². The third-order valence-corrected chi connectivity index (χ3v) is 3.46. The fourth-order valence-corrected chi connectivity index (χ4v) is 2.39. The van der Waals surface area contributed by atoms with E-state index in [1.165, 1.54) is 25.2 Å². The second kappa shape index (κ2) is 5.51. The van der Waals surface area contributed by atoms with E-state index in [4.69, 9.17) is 0 Å². The fourth-order valence-electron chi connectivity index (χ4n) is 2.39. The van der Waals surface area contributed by atoms with Crippen LogP contribution in [0.3, 0.4) is 0 Å². The third kappa shape index (κ3) is 3.09. The van der Waals surface area contributed by atoms with E-state index in [1.807, 2.05) is 12.3 Å². The first kappa shape index (κ1) is 11.7. The van der Waals surface area contributed by atoms with Crippen molar-refractivity contribution in [2.45, 2.75) is 32.9 Å². The number of aromatic nitrogens is 1. The molecule has 0 aliphatic carbocycles. The van der Waals surface area contributed by atoms with Crippen LogP contribution in [0.25, 0.3) is 0 Å². The Balaban J connectivity index is 1.64. The summed E-state index contributed by atoms with van der Waals surface area (Å²) >= 11 is 0. The van der Waals surface area contributed by atoms with Crippen molar-refractivity contribution in [1.82, 2.24) is 15.2 Å². The number of hydrogen-bond donors (Lipinski definition) is 2. The molecule has 0 spiro atoms. The average Bonchev–Trinajstić information content (AvgIpc) is 2.87. The smallest absolute Gasteiger partial charge is 0.0357 e. The number of likely N-dealkylation sites (tertiary alicyclic amines) is 1. The molecule has 0 amide bonds. The Labute approximate surface area is 98.2 Å². The Morgan fingerprint density at radius 1 is 1.56 bits per heavy atom. The maximum absolute atomic E-state index is 3.53. The Kier molecular flexibility index (Phi) is 4.02. The van der Waals surface area contributed by atoms with E-state index in [0.29, 0.717) is 6.04 Å². The monoisotopic (exact) mass is 221 g/mol. The second-order valence-electron chi connectivity index (χ2n) is 5.07. The highest BCUT2D eigenvalue weighted by molar-refractivity contribution is 5.02. The molecule has 0 saturated carbocycles. The molecule has 1 aliphatic rings. The standard InChI is InChI=1S/C13H23N3/c1-11(2)16-7-5-12(10-16)8-14-9-13-4-3-6-15-13/h3-4,6,11-12,14-15H,5,7-10H2,1-2H3. The lowest BCUT2D eigenvalue weighted by Crippen LogP contribution is -2.30. The van der Waals surface area contributed by atoms with Gasteiger partial charge in [0.15, 0.2) is 0 Å². The van der Waals surface area contributed by atoms with Gasteiger partial charge in [-0.3, -0.25) is 0 Å². The van der Waals surface area contributed by atoms with Crippen molar-refractivity contribution in [2.75, 3.05) is 19.6 Å². The molecule has 2 N–H and O–H groups in total. The van der Waals surface area contributed by atoms with Crippen LogP contribution in [0, 0.1) is 5.92 Å². The molecule has 3 nitrogen and oxygen atoms in total. The van der Waals surface area contributed by atoms with Crippen LogP contribution in [0.5, 0.6) is 0 Å². The topological polar surface area (TPSA) is 31.1 Å². The van der Waals surface area contributed by atoms with E-state index >= 15 is 0 Å². The molecule has 16 heavy (non-hydrogen) atoms. The summed E-state index contributed by atoms with van der Waals surface area (Å²) in [5.74, 6) is 0.831. The molecular formula is C13H23N3. The molecule has 2 rings (SSSR count). The summed E-state index contributed by atoms with van der Waals surface area (Å²) < 4.78 is 0. The number of aromatic amines is 1. The van der Waals surface area contributed by atoms with E-state index in [1.54, 1.807) is 0 Å². The van der Waals surface area contributed by atoms with Gasteiger partial charge in [-0.05, 0) is 51.4 Å². The van der Waals surface area contributed by atoms with Crippen molar-refractivity contribution in [3.05, 3.63) is 24.0 Å². The van der Waals surface area contributed by atoms with E-state index < -0.39 is 0 Å². The van der Waals surface area contributed by atoms with Gasteiger partial charge in [0.25, 0.3) is 0 Å². The van der Waals surface area contributed by atoms with Crippen LogP contribution in [0.1, 0.15) is 26.0 Å². The number of hydrogen-bond acceptors (Lipinski definition) is 2.